The maximum atomic E-state index is 5.93. The van der Waals surface area contributed by atoms with Gasteiger partial charge in [-0.1, -0.05) is 12.8 Å². The van der Waals surface area contributed by atoms with E-state index in [-0.39, 0.29) is 6.04 Å². The Balaban J connectivity index is 3.71. The van der Waals surface area contributed by atoms with Crippen LogP contribution in [0.25, 0.3) is 0 Å². The summed E-state index contributed by atoms with van der Waals surface area (Å²) >= 11 is 0. The molecule has 0 aliphatic heterocycles. The van der Waals surface area contributed by atoms with E-state index < -0.39 is 0 Å². The van der Waals surface area contributed by atoms with Gasteiger partial charge in [0.2, 0.25) is 0 Å². The Morgan fingerprint density at radius 1 is 1.57 bits per heavy atom. The van der Waals surface area contributed by atoms with Crippen LogP contribution in [0, 0.1) is 12.3 Å². The van der Waals surface area contributed by atoms with Gasteiger partial charge in [-0.2, -0.15) is 0 Å². The quantitative estimate of drug-likeness (QED) is 0.583. The van der Waals surface area contributed by atoms with Crippen molar-refractivity contribution >= 4 is 0 Å². The van der Waals surface area contributed by atoms with Gasteiger partial charge in [-0.25, -0.2) is 0 Å². The topological polar surface area (TPSA) is 38.5 Å². The molecule has 3 nitrogen and oxygen atoms in total. The Hall–Kier alpha value is -0.560. The van der Waals surface area contributed by atoms with E-state index in [1.54, 1.807) is 7.11 Å². The van der Waals surface area contributed by atoms with Crippen molar-refractivity contribution in [3.63, 3.8) is 0 Å². The van der Waals surface area contributed by atoms with E-state index in [4.69, 9.17) is 16.9 Å². The summed E-state index contributed by atoms with van der Waals surface area (Å²) in [5.74, 6) is 2.65. The summed E-state index contributed by atoms with van der Waals surface area (Å²) in [4.78, 5) is 2.21. The number of nitrogens with two attached hydrogens (primary N) is 1. The lowest BCUT2D eigenvalue weighted by Gasteiger charge is -2.22. The Morgan fingerprint density at radius 2 is 2.29 bits per heavy atom. The van der Waals surface area contributed by atoms with Gasteiger partial charge in [0, 0.05) is 26.3 Å². The summed E-state index contributed by atoms with van der Waals surface area (Å²) in [5, 5.41) is 0. The second-order valence-corrected chi connectivity index (χ2v) is 3.48. The highest BCUT2D eigenvalue weighted by Crippen LogP contribution is 1.96. The molecule has 0 heterocycles. The number of terminal acetylenes is 1. The lowest BCUT2D eigenvalue weighted by atomic mass is 10.2. The number of rotatable bonds is 8. The van der Waals surface area contributed by atoms with Crippen LogP contribution in [-0.2, 0) is 4.74 Å². The van der Waals surface area contributed by atoms with Gasteiger partial charge in [-0.15, -0.1) is 6.42 Å². The van der Waals surface area contributed by atoms with E-state index in [2.05, 4.69) is 17.7 Å². The minimum absolute atomic E-state index is 0.162. The molecule has 1 unspecified atom stereocenters. The van der Waals surface area contributed by atoms with Crippen molar-refractivity contribution in [1.29, 1.82) is 0 Å². The Labute approximate surface area is 87.6 Å². The van der Waals surface area contributed by atoms with Crippen LogP contribution in [0.1, 0.15) is 19.8 Å². The summed E-state index contributed by atoms with van der Waals surface area (Å²) in [5.41, 5.74) is 5.93. The van der Waals surface area contributed by atoms with Gasteiger partial charge in [-0.05, 0) is 19.4 Å². The summed E-state index contributed by atoms with van der Waals surface area (Å²) < 4.78 is 4.98. The maximum absolute atomic E-state index is 5.93. The molecule has 82 valence electrons. The predicted octanol–water partition coefficient (Wildman–Crippen LogP) is 0.695. The van der Waals surface area contributed by atoms with E-state index in [1.807, 2.05) is 0 Å². The van der Waals surface area contributed by atoms with Crippen molar-refractivity contribution in [2.75, 3.05) is 33.4 Å². The van der Waals surface area contributed by atoms with Crippen molar-refractivity contribution in [3.05, 3.63) is 0 Å². The summed E-state index contributed by atoms with van der Waals surface area (Å²) in [6, 6.07) is 0.162. The maximum Gasteiger partial charge on any atom is 0.0599 e. The zero-order valence-corrected chi connectivity index (χ0v) is 9.33. The number of hydrogen-bond donors (Lipinski definition) is 1. The van der Waals surface area contributed by atoms with Crippen LogP contribution in [0.15, 0.2) is 0 Å². The molecule has 2 N–H and O–H groups in total. The molecule has 0 saturated heterocycles. The average Bonchev–Trinajstić information content (AvgIpc) is 2.15. The van der Waals surface area contributed by atoms with Crippen LogP contribution in [0.5, 0.6) is 0 Å². The van der Waals surface area contributed by atoms with Crippen LogP contribution in [-0.4, -0.2) is 44.3 Å². The van der Waals surface area contributed by atoms with Gasteiger partial charge in [-0.3, -0.25) is 4.90 Å². The predicted molar refractivity (Wildman–Crippen MR) is 60.0 cm³/mol. The number of ether oxygens (including phenoxy) is 1. The van der Waals surface area contributed by atoms with Gasteiger partial charge in [0.05, 0.1) is 6.54 Å². The molecule has 0 aliphatic carbocycles. The molecule has 0 bridgehead atoms. The zero-order valence-electron chi connectivity index (χ0n) is 9.33. The van der Waals surface area contributed by atoms with Gasteiger partial charge >= 0.3 is 0 Å². The highest BCUT2D eigenvalue weighted by Gasteiger charge is 2.08. The fourth-order valence-electron chi connectivity index (χ4n) is 1.37. The molecule has 0 rings (SSSR count). The first-order valence-electron chi connectivity index (χ1n) is 5.14. The van der Waals surface area contributed by atoms with Gasteiger partial charge < -0.3 is 10.5 Å². The Morgan fingerprint density at radius 3 is 2.79 bits per heavy atom. The first-order chi connectivity index (χ1) is 6.74. The number of methoxy groups -OCH3 is 1. The van der Waals surface area contributed by atoms with Crippen LogP contribution in [0.3, 0.4) is 0 Å². The summed E-state index contributed by atoms with van der Waals surface area (Å²) in [6.45, 7) is 5.43. The third kappa shape index (κ3) is 6.90. The minimum atomic E-state index is 0.162. The van der Waals surface area contributed by atoms with Crippen molar-refractivity contribution in [2.24, 2.45) is 5.73 Å². The normalized spacial score (nSPS) is 12.8. The lowest BCUT2D eigenvalue weighted by molar-refractivity contribution is 0.177. The molecule has 0 amide bonds. The fraction of sp³-hybridized carbons (Fsp3) is 0.818. The van der Waals surface area contributed by atoms with Crippen molar-refractivity contribution < 1.29 is 4.74 Å². The Kier molecular flexibility index (Phi) is 8.65. The van der Waals surface area contributed by atoms with Gasteiger partial charge in [0.25, 0.3) is 0 Å². The molecule has 0 fully saturated rings. The third-order valence-corrected chi connectivity index (χ3v) is 2.04. The molecular weight excluding hydrogens is 176 g/mol. The van der Waals surface area contributed by atoms with Crippen LogP contribution in [0.4, 0.5) is 0 Å². The second-order valence-electron chi connectivity index (χ2n) is 3.48. The average molecular weight is 198 g/mol. The second kappa shape index (κ2) is 9.01. The van der Waals surface area contributed by atoms with Crippen LogP contribution in [0.2, 0.25) is 0 Å². The molecule has 0 aromatic rings. The molecule has 1 atom stereocenters. The molecule has 0 aromatic heterocycles. The highest BCUT2D eigenvalue weighted by atomic mass is 16.5. The van der Waals surface area contributed by atoms with Crippen LogP contribution >= 0.6 is 0 Å². The molecule has 0 aromatic carbocycles. The first-order valence-corrected chi connectivity index (χ1v) is 5.14. The number of nitrogens with zero attached hydrogens (tertiary/aromatic N) is 1. The Bertz CT molecular complexity index is 165. The van der Waals surface area contributed by atoms with Crippen molar-refractivity contribution in [2.45, 2.75) is 25.8 Å². The monoisotopic (exact) mass is 198 g/mol. The standard InChI is InChI=1S/C11H22N2O/c1-4-7-13(8-5-2)10-11(12)6-9-14-3/h1,11H,5-10,12H2,2-3H3. The fourth-order valence-corrected chi connectivity index (χ4v) is 1.37. The molecule has 3 heteroatoms. The minimum Gasteiger partial charge on any atom is -0.385 e. The molecule has 0 spiro atoms. The molecule has 0 aliphatic rings. The number of hydrogen-bond acceptors (Lipinski definition) is 3. The first kappa shape index (κ1) is 13.4. The highest BCUT2D eigenvalue weighted by molar-refractivity contribution is 4.88. The van der Waals surface area contributed by atoms with E-state index in [9.17, 15) is 0 Å². The van der Waals surface area contributed by atoms with Crippen molar-refractivity contribution in [1.82, 2.24) is 4.90 Å². The van der Waals surface area contributed by atoms with E-state index in [0.29, 0.717) is 6.54 Å². The zero-order chi connectivity index (χ0) is 10.8. The van der Waals surface area contributed by atoms with E-state index in [0.717, 1.165) is 32.5 Å². The van der Waals surface area contributed by atoms with E-state index in [1.165, 1.54) is 0 Å². The molecule has 0 saturated carbocycles. The molecule has 14 heavy (non-hydrogen) atoms. The van der Waals surface area contributed by atoms with E-state index >= 15 is 0 Å². The lowest BCUT2D eigenvalue weighted by Crippen LogP contribution is -2.38. The largest absolute Gasteiger partial charge is 0.385 e. The van der Waals surface area contributed by atoms with Crippen molar-refractivity contribution in [3.8, 4) is 12.3 Å². The summed E-state index contributed by atoms with van der Waals surface area (Å²) in [6.07, 6.45) is 7.28. The molecular formula is C11H22N2O. The smallest absolute Gasteiger partial charge is 0.0599 e. The SMILES string of the molecule is C#CCN(CCC)CC(N)CCOC. The van der Waals surface area contributed by atoms with Crippen LogP contribution < -0.4 is 5.73 Å². The third-order valence-electron chi connectivity index (χ3n) is 2.04. The van der Waals surface area contributed by atoms with Gasteiger partial charge in [0.1, 0.15) is 0 Å². The molecule has 0 radical (unpaired) electrons. The summed E-state index contributed by atoms with van der Waals surface area (Å²) in [7, 11) is 1.69. The van der Waals surface area contributed by atoms with Gasteiger partial charge in [0.15, 0.2) is 0 Å².